The van der Waals surface area contributed by atoms with Gasteiger partial charge in [0.1, 0.15) is 5.78 Å². The minimum atomic E-state index is 0.195. The number of piperidine rings is 1. The van der Waals surface area contributed by atoms with E-state index in [1.807, 2.05) is 30.3 Å². The third kappa shape index (κ3) is 4.66. The number of hydrogen-bond donors (Lipinski definition) is 0. The van der Waals surface area contributed by atoms with Crippen LogP contribution in [-0.2, 0) is 17.8 Å². The Hall–Kier alpha value is -1.64. The number of benzene rings is 2. The minimum Gasteiger partial charge on any atom is -0.299 e. The lowest BCUT2D eigenvalue weighted by Gasteiger charge is -2.31. The average Bonchev–Trinajstić information content (AvgIpc) is 2.56. The molecule has 0 radical (unpaired) electrons. The molecule has 1 heterocycles. The molecule has 1 saturated heterocycles. The second kappa shape index (κ2) is 7.76. The first-order valence-corrected chi connectivity index (χ1v) is 8.62. The molecule has 0 unspecified atom stereocenters. The molecule has 0 amide bonds. The average molecular weight is 328 g/mol. The summed E-state index contributed by atoms with van der Waals surface area (Å²) in [7, 11) is 0. The van der Waals surface area contributed by atoms with E-state index in [4.69, 9.17) is 11.6 Å². The van der Waals surface area contributed by atoms with Crippen LogP contribution in [0.15, 0.2) is 54.6 Å². The van der Waals surface area contributed by atoms with E-state index in [9.17, 15) is 4.79 Å². The van der Waals surface area contributed by atoms with Gasteiger partial charge in [0, 0.05) is 23.9 Å². The first-order chi connectivity index (χ1) is 11.2. The topological polar surface area (TPSA) is 20.3 Å². The highest BCUT2D eigenvalue weighted by Gasteiger charge is 2.24. The maximum absolute atomic E-state index is 12.5. The fourth-order valence-corrected chi connectivity index (χ4v) is 3.46. The maximum Gasteiger partial charge on any atom is 0.140 e. The number of rotatable bonds is 5. The van der Waals surface area contributed by atoms with Crippen molar-refractivity contribution in [3.63, 3.8) is 0 Å². The second-order valence-corrected chi connectivity index (χ2v) is 6.75. The quantitative estimate of drug-likeness (QED) is 0.813. The summed E-state index contributed by atoms with van der Waals surface area (Å²) < 4.78 is 0. The van der Waals surface area contributed by atoms with E-state index in [2.05, 4.69) is 29.2 Å². The smallest absolute Gasteiger partial charge is 0.140 e. The van der Waals surface area contributed by atoms with Gasteiger partial charge in [-0.15, -0.1) is 0 Å². The molecule has 0 N–H and O–H groups in total. The highest BCUT2D eigenvalue weighted by molar-refractivity contribution is 6.30. The monoisotopic (exact) mass is 327 g/mol. The number of halogens is 1. The van der Waals surface area contributed by atoms with E-state index < -0.39 is 0 Å². The van der Waals surface area contributed by atoms with E-state index in [0.717, 1.165) is 38.0 Å². The van der Waals surface area contributed by atoms with Gasteiger partial charge in [-0.05, 0) is 49.2 Å². The number of carbonyl (C=O) groups is 1. The Morgan fingerprint density at radius 3 is 2.39 bits per heavy atom. The van der Waals surface area contributed by atoms with Gasteiger partial charge in [0.05, 0.1) is 0 Å². The molecule has 0 saturated carbocycles. The van der Waals surface area contributed by atoms with Crippen molar-refractivity contribution in [3.05, 3.63) is 70.7 Å². The highest BCUT2D eigenvalue weighted by Crippen LogP contribution is 2.22. The molecular formula is C20H22ClNO. The van der Waals surface area contributed by atoms with Crippen LogP contribution in [0.4, 0.5) is 0 Å². The van der Waals surface area contributed by atoms with Crippen molar-refractivity contribution in [2.24, 2.45) is 5.92 Å². The molecular weight excluding hydrogens is 306 g/mol. The molecule has 120 valence electrons. The third-order valence-corrected chi connectivity index (χ3v) is 4.79. The zero-order valence-electron chi connectivity index (χ0n) is 13.2. The van der Waals surface area contributed by atoms with Crippen LogP contribution in [-0.4, -0.2) is 23.8 Å². The molecule has 0 aromatic heterocycles. The lowest BCUT2D eigenvalue weighted by Crippen LogP contribution is -2.36. The molecule has 0 bridgehead atoms. The van der Waals surface area contributed by atoms with Crippen molar-refractivity contribution in [2.45, 2.75) is 25.8 Å². The molecule has 1 fully saturated rings. The molecule has 0 aliphatic carbocycles. The summed E-state index contributed by atoms with van der Waals surface area (Å²) in [6, 6.07) is 18.2. The second-order valence-electron chi connectivity index (χ2n) is 6.31. The first kappa shape index (κ1) is 16.2. The van der Waals surface area contributed by atoms with Crippen molar-refractivity contribution >= 4 is 17.4 Å². The SMILES string of the molecule is O=C(Cc1cccc(Cl)c1)C1CCN(Cc2ccccc2)CC1. The highest BCUT2D eigenvalue weighted by atomic mass is 35.5. The molecule has 1 aliphatic rings. The predicted molar refractivity (Wildman–Crippen MR) is 94.6 cm³/mol. The van der Waals surface area contributed by atoms with Crippen molar-refractivity contribution in [2.75, 3.05) is 13.1 Å². The number of nitrogens with zero attached hydrogens (tertiary/aromatic N) is 1. The zero-order chi connectivity index (χ0) is 16.1. The van der Waals surface area contributed by atoms with Crippen LogP contribution < -0.4 is 0 Å². The Morgan fingerprint density at radius 2 is 1.70 bits per heavy atom. The Balaban J connectivity index is 1.49. The van der Waals surface area contributed by atoms with Gasteiger partial charge in [0.15, 0.2) is 0 Å². The molecule has 0 atom stereocenters. The number of Topliss-reactive ketones (excluding diaryl/α,β-unsaturated/α-hetero) is 1. The van der Waals surface area contributed by atoms with Crippen LogP contribution in [0.3, 0.4) is 0 Å². The largest absolute Gasteiger partial charge is 0.299 e. The molecule has 2 aromatic carbocycles. The number of ketones is 1. The van der Waals surface area contributed by atoms with Crippen molar-refractivity contribution < 1.29 is 4.79 Å². The van der Waals surface area contributed by atoms with Crippen LogP contribution in [0.2, 0.25) is 5.02 Å². The lowest BCUT2D eigenvalue weighted by molar-refractivity contribution is -0.123. The van der Waals surface area contributed by atoms with Crippen LogP contribution >= 0.6 is 11.6 Å². The summed E-state index contributed by atoms with van der Waals surface area (Å²) in [6.07, 6.45) is 2.43. The van der Waals surface area contributed by atoms with Gasteiger partial charge in [-0.2, -0.15) is 0 Å². The molecule has 3 heteroatoms. The van der Waals surface area contributed by atoms with Gasteiger partial charge in [0.25, 0.3) is 0 Å². The Morgan fingerprint density at radius 1 is 1.00 bits per heavy atom. The molecule has 2 nitrogen and oxygen atoms in total. The minimum absolute atomic E-state index is 0.195. The molecule has 3 rings (SSSR count). The van der Waals surface area contributed by atoms with Gasteiger partial charge < -0.3 is 0 Å². The molecule has 0 spiro atoms. The molecule has 2 aromatic rings. The van der Waals surface area contributed by atoms with E-state index >= 15 is 0 Å². The Bertz CT molecular complexity index is 648. The number of carbonyl (C=O) groups excluding carboxylic acids is 1. The van der Waals surface area contributed by atoms with Gasteiger partial charge in [0.2, 0.25) is 0 Å². The van der Waals surface area contributed by atoms with Crippen LogP contribution in [0.5, 0.6) is 0 Å². The molecule has 23 heavy (non-hydrogen) atoms. The summed E-state index contributed by atoms with van der Waals surface area (Å²) in [5, 5.41) is 0.702. The summed E-state index contributed by atoms with van der Waals surface area (Å²) in [5.41, 5.74) is 2.37. The zero-order valence-corrected chi connectivity index (χ0v) is 14.0. The van der Waals surface area contributed by atoms with E-state index in [-0.39, 0.29) is 5.92 Å². The maximum atomic E-state index is 12.5. The lowest BCUT2D eigenvalue weighted by atomic mass is 9.89. The first-order valence-electron chi connectivity index (χ1n) is 8.24. The summed E-state index contributed by atoms with van der Waals surface area (Å²) >= 11 is 5.99. The van der Waals surface area contributed by atoms with Crippen LogP contribution in [0, 0.1) is 5.92 Å². The standard InChI is InChI=1S/C20H22ClNO/c21-19-8-4-7-17(13-19)14-20(23)18-9-11-22(12-10-18)15-16-5-2-1-3-6-16/h1-8,13,18H,9-12,14-15H2. The van der Waals surface area contributed by atoms with Crippen molar-refractivity contribution in [1.29, 1.82) is 0 Å². The predicted octanol–water partition coefficient (Wildman–Crippen LogP) is 4.36. The van der Waals surface area contributed by atoms with E-state index in [1.165, 1.54) is 5.56 Å². The fraction of sp³-hybridized carbons (Fsp3) is 0.350. The Kier molecular flexibility index (Phi) is 5.47. The number of hydrogen-bond acceptors (Lipinski definition) is 2. The van der Waals surface area contributed by atoms with Gasteiger partial charge in [-0.1, -0.05) is 54.1 Å². The van der Waals surface area contributed by atoms with Crippen molar-refractivity contribution in [1.82, 2.24) is 4.90 Å². The number of likely N-dealkylation sites (tertiary alicyclic amines) is 1. The van der Waals surface area contributed by atoms with Gasteiger partial charge in [-0.25, -0.2) is 0 Å². The summed E-state index contributed by atoms with van der Waals surface area (Å²) in [4.78, 5) is 14.9. The van der Waals surface area contributed by atoms with Gasteiger partial charge in [-0.3, -0.25) is 9.69 Å². The van der Waals surface area contributed by atoms with Crippen LogP contribution in [0.25, 0.3) is 0 Å². The summed E-state index contributed by atoms with van der Waals surface area (Å²) in [6.45, 7) is 2.98. The van der Waals surface area contributed by atoms with Crippen LogP contribution in [0.1, 0.15) is 24.0 Å². The normalized spacial score (nSPS) is 16.4. The molecule has 1 aliphatic heterocycles. The van der Waals surface area contributed by atoms with E-state index in [0.29, 0.717) is 17.2 Å². The van der Waals surface area contributed by atoms with Gasteiger partial charge >= 0.3 is 0 Å². The third-order valence-electron chi connectivity index (χ3n) is 4.56. The fourth-order valence-electron chi connectivity index (χ4n) is 3.25. The summed E-state index contributed by atoms with van der Waals surface area (Å²) in [5.74, 6) is 0.549. The van der Waals surface area contributed by atoms with Crippen molar-refractivity contribution in [3.8, 4) is 0 Å². The van der Waals surface area contributed by atoms with E-state index in [1.54, 1.807) is 0 Å². The Labute approximate surface area is 143 Å².